The first-order valence-corrected chi connectivity index (χ1v) is 12.6. The van der Waals surface area contributed by atoms with Crippen molar-refractivity contribution >= 4 is 25.1 Å². The van der Waals surface area contributed by atoms with E-state index < -0.39 is 30.7 Å². The van der Waals surface area contributed by atoms with Crippen LogP contribution in [0.4, 0.5) is 4.79 Å². The molecule has 0 aliphatic heterocycles. The van der Waals surface area contributed by atoms with E-state index in [1.165, 1.54) is 0 Å². The second-order valence-electron chi connectivity index (χ2n) is 7.91. The van der Waals surface area contributed by atoms with Crippen LogP contribution in [0, 0.1) is 0 Å². The van der Waals surface area contributed by atoms with Gasteiger partial charge in [0, 0.05) is 18.2 Å². The third kappa shape index (κ3) is 9.08. The van der Waals surface area contributed by atoms with Gasteiger partial charge in [0.05, 0.1) is 19.3 Å². The fourth-order valence-corrected chi connectivity index (χ4v) is 5.57. The molecule has 0 aromatic heterocycles. The van der Waals surface area contributed by atoms with Crippen molar-refractivity contribution in [2.24, 2.45) is 0 Å². The van der Waals surface area contributed by atoms with Crippen molar-refractivity contribution in [2.75, 3.05) is 32.5 Å². The molecule has 0 radical (unpaired) electrons. The van der Waals surface area contributed by atoms with Gasteiger partial charge in [-0.25, -0.2) is 4.79 Å². The van der Waals surface area contributed by atoms with Crippen LogP contribution in [0.25, 0.3) is 0 Å². The molecule has 2 N–H and O–H groups in total. The Kier molecular flexibility index (Phi) is 11.0. The summed E-state index contributed by atoms with van der Waals surface area (Å²) in [4.78, 5) is 12.2. The minimum absolute atomic E-state index is 0.129. The zero-order chi connectivity index (χ0) is 23.7. The number of alkyl carbamates (subject to hydrolysis) is 1. The first-order valence-electron chi connectivity index (χ1n) is 10.3. The summed E-state index contributed by atoms with van der Waals surface area (Å²) in [5.74, 6) is 0. The van der Waals surface area contributed by atoms with E-state index in [-0.39, 0.29) is 32.5 Å². The number of carbonyl (C=O) groups excluding carboxylic acids is 1. The minimum Gasteiger partial charge on any atom is -0.444 e. The molecule has 0 saturated carbocycles. The van der Waals surface area contributed by atoms with E-state index in [1.807, 2.05) is 0 Å². The van der Waals surface area contributed by atoms with Crippen molar-refractivity contribution in [2.45, 2.75) is 58.8 Å². The number of hydrogen-bond donors (Lipinski definition) is 2. The van der Waals surface area contributed by atoms with Crippen molar-refractivity contribution < 1.29 is 33.2 Å². The van der Waals surface area contributed by atoms with Crippen LogP contribution in [-0.2, 0) is 28.9 Å². The highest BCUT2D eigenvalue weighted by Gasteiger charge is 2.45. The van der Waals surface area contributed by atoms with Gasteiger partial charge in [0.1, 0.15) is 11.2 Å². The molecular formula is C21H35ClNO7P. The number of carbonyl (C=O) groups is 1. The molecule has 0 spiro atoms. The van der Waals surface area contributed by atoms with E-state index in [0.717, 1.165) is 0 Å². The second-order valence-corrected chi connectivity index (χ2v) is 10.8. The van der Waals surface area contributed by atoms with Gasteiger partial charge >= 0.3 is 6.09 Å². The van der Waals surface area contributed by atoms with Gasteiger partial charge in [-0.2, -0.15) is 0 Å². The Bertz CT molecular complexity index is 732. The van der Waals surface area contributed by atoms with Gasteiger partial charge in [-0.1, -0.05) is 23.7 Å². The Morgan fingerprint density at radius 1 is 1.10 bits per heavy atom. The third-order valence-corrected chi connectivity index (χ3v) is 6.93. The number of aliphatic hydroxyl groups is 1. The molecule has 8 nitrogen and oxygen atoms in total. The summed E-state index contributed by atoms with van der Waals surface area (Å²) in [7, 11) is -3.68. The normalized spacial score (nSPS) is 15.9. The van der Waals surface area contributed by atoms with Crippen molar-refractivity contribution in [1.29, 1.82) is 0 Å². The first-order chi connectivity index (χ1) is 14.4. The lowest BCUT2D eigenvalue weighted by Gasteiger charge is -2.35. The quantitative estimate of drug-likeness (QED) is 0.330. The van der Waals surface area contributed by atoms with Gasteiger partial charge in [-0.05, 0) is 59.2 Å². The Morgan fingerprint density at radius 2 is 1.65 bits per heavy atom. The van der Waals surface area contributed by atoms with Crippen LogP contribution in [0.3, 0.4) is 0 Å². The van der Waals surface area contributed by atoms with Gasteiger partial charge in [0.15, 0.2) is 0 Å². The maximum atomic E-state index is 13.8. The SMILES string of the molecule is CCOC(OCC)P(=O)(CC(O)(CNC(=O)OC(C)(C)C)c1ccc(Cl)cc1)OCC. The van der Waals surface area contributed by atoms with Crippen molar-refractivity contribution in [3.8, 4) is 0 Å². The molecule has 0 aliphatic carbocycles. The van der Waals surface area contributed by atoms with Crippen LogP contribution < -0.4 is 5.32 Å². The molecule has 2 unspecified atom stereocenters. The Morgan fingerprint density at radius 3 is 2.10 bits per heavy atom. The van der Waals surface area contributed by atoms with Crippen molar-refractivity contribution in [3.05, 3.63) is 34.9 Å². The maximum absolute atomic E-state index is 13.8. The number of hydrogen-bond acceptors (Lipinski definition) is 7. The first kappa shape index (κ1) is 27.9. The largest absolute Gasteiger partial charge is 0.444 e. The van der Waals surface area contributed by atoms with Crippen LogP contribution in [0.15, 0.2) is 24.3 Å². The predicted octanol–water partition coefficient (Wildman–Crippen LogP) is 4.72. The van der Waals surface area contributed by atoms with E-state index in [4.69, 9.17) is 30.3 Å². The van der Waals surface area contributed by atoms with Gasteiger partial charge in [-0.3, -0.25) is 4.57 Å². The highest BCUT2D eigenvalue weighted by Crippen LogP contribution is 2.56. The second kappa shape index (κ2) is 12.2. The fourth-order valence-electron chi connectivity index (χ4n) is 2.87. The summed E-state index contributed by atoms with van der Waals surface area (Å²) < 4.78 is 35.8. The summed E-state index contributed by atoms with van der Waals surface area (Å²) in [5.41, 5.74) is -2.07. The van der Waals surface area contributed by atoms with Crippen molar-refractivity contribution in [3.63, 3.8) is 0 Å². The van der Waals surface area contributed by atoms with E-state index in [2.05, 4.69) is 5.32 Å². The van der Waals surface area contributed by atoms with Gasteiger partial charge in [-0.15, -0.1) is 0 Å². The summed E-state index contributed by atoms with van der Waals surface area (Å²) in [6.45, 7) is 10.7. The number of halogens is 1. The number of amides is 1. The van der Waals surface area contributed by atoms with Gasteiger partial charge in [0.25, 0.3) is 7.37 Å². The zero-order valence-corrected chi connectivity index (χ0v) is 20.8. The monoisotopic (exact) mass is 479 g/mol. The summed E-state index contributed by atoms with van der Waals surface area (Å²) in [5, 5.41) is 14.6. The smallest absolute Gasteiger partial charge is 0.407 e. The topological polar surface area (TPSA) is 103 Å². The standard InChI is InChI=1S/C21H35ClNO7P/c1-7-27-19(28-8-2)31(26,29-9-3)15-21(25,16-10-12-17(22)13-11-16)14-23-18(24)30-20(4,5)6/h10-13,19,25H,7-9,14-15H2,1-6H3,(H,23,24). The van der Waals surface area contributed by atoms with Crippen LogP contribution in [0.5, 0.6) is 0 Å². The van der Waals surface area contributed by atoms with E-state index >= 15 is 0 Å². The average molecular weight is 480 g/mol. The van der Waals surface area contributed by atoms with Crippen LogP contribution in [0.1, 0.15) is 47.1 Å². The van der Waals surface area contributed by atoms with Crippen LogP contribution in [-0.4, -0.2) is 55.4 Å². The number of benzene rings is 1. The zero-order valence-electron chi connectivity index (χ0n) is 19.1. The summed E-state index contributed by atoms with van der Waals surface area (Å²) in [6, 6.07) is 5.26. The molecule has 10 heteroatoms. The molecule has 0 fully saturated rings. The molecule has 1 rings (SSSR count). The van der Waals surface area contributed by atoms with Gasteiger partial charge < -0.3 is 29.2 Å². The summed E-state index contributed by atoms with van der Waals surface area (Å²) in [6.07, 6.45) is -1.06. The molecule has 2 atom stereocenters. The van der Waals surface area contributed by atoms with E-state index in [0.29, 0.717) is 10.6 Å². The lowest BCUT2D eigenvalue weighted by molar-refractivity contribution is -0.0906. The molecule has 31 heavy (non-hydrogen) atoms. The molecular weight excluding hydrogens is 445 g/mol. The molecule has 1 aromatic carbocycles. The Balaban J connectivity index is 3.28. The van der Waals surface area contributed by atoms with Gasteiger partial charge in [0.2, 0.25) is 6.03 Å². The molecule has 178 valence electrons. The average Bonchev–Trinajstić information content (AvgIpc) is 2.65. The van der Waals surface area contributed by atoms with Crippen LogP contribution >= 0.6 is 19.0 Å². The lowest BCUT2D eigenvalue weighted by atomic mass is 9.96. The van der Waals surface area contributed by atoms with Crippen molar-refractivity contribution in [1.82, 2.24) is 5.32 Å². The van der Waals surface area contributed by atoms with E-state index in [9.17, 15) is 14.5 Å². The third-order valence-electron chi connectivity index (χ3n) is 4.07. The molecule has 0 saturated heterocycles. The minimum atomic E-state index is -3.68. The lowest BCUT2D eigenvalue weighted by Crippen LogP contribution is -2.46. The van der Waals surface area contributed by atoms with Crippen LogP contribution in [0.2, 0.25) is 5.02 Å². The number of nitrogens with one attached hydrogen (secondary N) is 1. The highest BCUT2D eigenvalue weighted by molar-refractivity contribution is 7.59. The fraction of sp³-hybridized carbons (Fsp3) is 0.667. The molecule has 1 amide bonds. The predicted molar refractivity (Wildman–Crippen MR) is 121 cm³/mol. The highest BCUT2D eigenvalue weighted by atomic mass is 35.5. The van der Waals surface area contributed by atoms with E-state index in [1.54, 1.807) is 65.8 Å². The molecule has 0 heterocycles. The number of ether oxygens (including phenoxy) is 3. The Labute approximate surface area is 190 Å². The molecule has 0 bridgehead atoms. The summed E-state index contributed by atoms with van der Waals surface area (Å²) >= 11 is 5.99. The maximum Gasteiger partial charge on any atom is 0.407 e. The number of rotatable bonds is 12. The Hall–Kier alpha value is -1.15. The molecule has 0 aliphatic rings. The molecule has 1 aromatic rings.